The van der Waals surface area contributed by atoms with Crippen molar-refractivity contribution in [3.05, 3.63) is 71.3 Å². The van der Waals surface area contributed by atoms with Crippen LogP contribution in [0.1, 0.15) is 42.7 Å². The molecule has 0 bridgehead atoms. The number of benzene rings is 2. The van der Waals surface area contributed by atoms with E-state index in [1.807, 2.05) is 4.90 Å². The van der Waals surface area contributed by atoms with Crippen molar-refractivity contribution in [3.63, 3.8) is 0 Å². The molecule has 0 radical (unpaired) electrons. The smallest absolute Gasteiger partial charge is 0.222 e. The maximum atomic E-state index is 13.3. The molecule has 6 heteroatoms. The van der Waals surface area contributed by atoms with Gasteiger partial charge in [-0.1, -0.05) is 24.3 Å². The fourth-order valence-corrected chi connectivity index (χ4v) is 3.49. The molecule has 1 amide bonds. The first-order chi connectivity index (χ1) is 12.5. The third-order valence-corrected chi connectivity index (χ3v) is 5.08. The lowest BCUT2D eigenvalue weighted by Crippen LogP contribution is -2.42. The molecule has 2 aromatic carbocycles. The number of carbonyl (C=O) groups is 1. The van der Waals surface area contributed by atoms with Crippen molar-refractivity contribution >= 4 is 18.3 Å². The minimum Gasteiger partial charge on any atom is -0.343 e. The second-order valence-corrected chi connectivity index (χ2v) is 6.91. The van der Waals surface area contributed by atoms with Crippen LogP contribution in [0.5, 0.6) is 0 Å². The van der Waals surface area contributed by atoms with Crippen LogP contribution in [0, 0.1) is 11.6 Å². The van der Waals surface area contributed by atoms with E-state index in [2.05, 4.69) is 0 Å². The van der Waals surface area contributed by atoms with Crippen LogP contribution in [0.15, 0.2) is 48.5 Å². The van der Waals surface area contributed by atoms with Gasteiger partial charge in [0.25, 0.3) is 0 Å². The first-order valence-corrected chi connectivity index (χ1v) is 9.07. The monoisotopic (exact) mass is 394 g/mol. The number of hydrogen-bond acceptors (Lipinski definition) is 2. The van der Waals surface area contributed by atoms with Gasteiger partial charge in [-0.25, -0.2) is 8.78 Å². The van der Waals surface area contributed by atoms with Crippen molar-refractivity contribution in [3.8, 4) is 0 Å². The van der Waals surface area contributed by atoms with Crippen molar-refractivity contribution < 1.29 is 13.6 Å². The van der Waals surface area contributed by atoms with Crippen LogP contribution in [-0.4, -0.2) is 29.9 Å². The second kappa shape index (κ2) is 9.81. The molecule has 0 atom stereocenters. The number of likely N-dealkylation sites (tertiary alicyclic amines) is 1. The normalized spacial score (nSPS) is 14.9. The Labute approximate surface area is 165 Å². The number of piperidine rings is 1. The molecule has 1 aliphatic heterocycles. The lowest BCUT2D eigenvalue weighted by Gasteiger charge is -2.30. The van der Waals surface area contributed by atoms with Gasteiger partial charge in [0.15, 0.2) is 0 Å². The first-order valence-electron chi connectivity index (χ1n) is 9.07. The molecular formula is C21H25ClF2N2O. The van der Waals surface area contributed by atoms with Gasteiger partial charge < -0.3 is 10.6 Å². The fourth-order valence-electron chi connectivity index (χ4n) is 3.49. The number of hydrogen-bond donors (Lipinski definition) is 1. The van der Waals surface area contributed by atoms with Crippen LogP contribution >= 0.6 is 12.4 Å². The summed E-state index contributed by atoms with van der Waals surface area (Å²) < 4.78 is 26.5. The molecule has 2 aromatic rings. The third kappa shape index (κ3) is 5.75. The molecular weight excluding hydrogens is 370 g/mol. The summed E-state index contributed by atoms with van der Waals surface area (Å²) in [4.78, 5) is 14.4. The molecule has 1 saturated heterocycles. The van der Waals surface area contributed by atoms with E-state index in [1.54, 1.807) is 24.3 Å². The SMILES string of the molecule is Cl.NC1CCN(C(=O)CCC(c2ccc(F)cc2)c2ccc(F)cc2)CC1. The van der Waals surface area contributed by atoms with Gasteiger partial charge in [0.05, 0.1) is 0 Å². The highest BCUT2D eigenvalue weighted by Crippen LogP contribution is 2.30. The number of amides is 1. The maximum Gasteiger partial charge on any atom is 0.222 e. The van der Waals surface area contributed by atoms with E-state index in [9.17, 15) is 13.6 Å². The summed E-state index contributed by atoms with van der Waals surface area (Å²) in [6, 6.07) is 12.8. The van der Waals surface area contributed by atoms with Crippen LogP contribution in [-0.2, 0) is 4.79 Å². The van der Waals surface area contributed by atoms with Crippen LogP contribution in [0.2, 0.25) is 0 Å². The molecule has 3 nitrogen and oxygen atoms in total. The third-order valence-electron chi connectivity index (χ3n) is 5.08. The summed E-state index contributed by atoms with van der Waals surface area (Å²) in [5.74, 6) is -0.557. The van der Waals surface area contributed by atoms with Gasteiger partial charge >= 0.3 is 0 Å². The molecule has 1 fully saturated rings. The molecule has 1 heterocycles. The Morgan fingerprint density at radius 2 is 1.41 bits per heavy atom. The predicted octanol–water partition coefficient (Wildman–Crippen LogP) is 4.25. The van der Waals surface area contributed by atoms with E-state index in [-0.39, 0.29) is 41.9 Å². The predicted molar refractivity (Wildman–Crippen MR) is 105 cm³/mol. The average Bonchev–Trinajstić information content (AvgIpc) is 2.65. The molecule has 3 rings (SSSR count). The highest BCUT2D eigenvalue weighted by atomic mass is 35.5. The Morgan fingerprint density at radius 1 is 0.963 bits per heavy atom. The van der Waals surface area contributed by atoms with Gasteiger partial charge in [-0.05, 0) is 54.7 Å². The Hall–Kier alpha value is -1.98. The molecule has 0 saturated carbocycles. The van der Waals surface area contributed by atoms with Crippen LogP contribution < -0.4 is 5.73 Å². The molecule has 0 spiro atoms. The highest BCUT2D eigenvalue weighted by Gasteiger charge is 2.22. The van der Waals surface area contributed by atoms with Crippen LogP contribution in [0.4, 0.5) is 8.78 Å². The van der Waals surface area contributed by atoms with E-state index in [1.165, 1.54) is 24.3 Å². The zero-order valence-corrected chi connectivity index (χ0v) is 15.9. The van der Waals surface area contributed by atoms with E-state index >= 15 is 0 Å². The molecule has 2 N–H and O–H groups in total. The molecule has 146 valence electrons. The Bertz CT molecular complexity index is 683. The quantitative estimate of drug-likeness (QED) is 0.824. The highest BCUT2D eigenvalue weighted by molar-refractivity contribution is 5.85. The van der Waals surface area contributed by atoms with Crippen molar-refractivity contribution in [1.29, 1.82) is 0 Å². The number of rotatable bonds is 5. The molecule has 27 heavy (non-hydrogen) atoms. The number of halogens is 3. The van der Waals surface area contributed by atoms with E-state index < -0.39 is 0 Å². The van der Waals surface area contributed by atoms with E-state index in [0.29, 0.717) is 25.9 Å². The summed E-state index contributed by atoms with van der Waals surface area (Å²) in [5.41, 5.74) is 7.74. The molecule has 0 aromatic heterocycles. The minimum atomic E-state index is -0.299. The zero-order chi connectivity index (χ0) is 18.5. The number of carbonyl (C=O) groups excluding carboxylic acids is 1. The van der Waals surface area contributed by atoms with Gasteiger partial charge in [-0.2, -0.15) is 0 Å². The lowest BCUT2D eigenvalue weighted by molar-refractivity contribution is -0.132. The summed E-state index contributed by atoms with van der Waals surface area (Å²) >= 11 is 0. The summed E-state index contributed by atoms with van der Waals surface area (Å²) in [6.45, 7) is 1.41. The largest absolute Gasteiger partial charge is 0.343 e. The van der Waals surface area contributed by atoms with Crippen molar-refractivity contribution in [2.45, 2.75) is 37.6 Å². The average molecular weight is 395 g/mol. The van der Waals surface area contributed by atoms with E-state index in [4.69, 9.17) is 5.73 Å². The van der Waals surface area contributed by atoms with Crippen molar-refractivity contribution in [2.75, 3.05) is 13.1 Å². The van der Waals surface area contributed by atoms with Gasteiger partial charge in [-0.3, -0.25) is 4.79 Å². The molecule has 0 aliphatic carbocycles. The molecule has 0 unspecified atom stereocenters. The zero-order valence-electron chi connectivity index (χ0n) is 15.1. The van der Waals surface area contributed by atoms with Gasteiger partial charge in [0.1, 0.15) is 11.6 Å². The van der Waals surface area contributed by atoms with Crippen molar-refractivity contribution in [2.24, 2.45) is 5.73 Å². The topological polar surface area (TPSA) is 46.3 Å². The van der Waals surface area contributed by atoms with Crippen LogP contribution in [0.25, 0.3) is 0 Å². The van der Waals surface area contributed by atoms with Gasteiger partial charge in [0, 0.05) is 31.5 Å². The van der Waals surface area contributed by atoms with Crippen molar-refractivity contribution in [1.82, 2.24) is 4.90 Å². The van der Waals surface area contributed by atoms with Gasteiger partial charge in [-0.15, -0.1) is 12.4 Å². The second-order valence-electron chi connectivity index (χ2n) is 6.91. The van der Waals surface area contributed by atoms with E-state index in [0.717, 1.165) is 24.0 Å². The summed E-state index contributed by atoms with van der Waals surface area (Å²) in [7, 11) is 0. The molecule has 1 aliphatic rings. The Balaban J connectivity index is 0.00000261. The standard InChI is InChI=1S/C21H24F2N2O.ClH/c22-17-5-1-15(2-6-17)20(16-3-7-18(23)8-4-16)9-10-21(26)25-13-11-19(24)12-14-25;/h1-8,19-20H,9-14,24H2;1H. The van der Waals surface area contributed by atoms with Gasteiger partial charge in [0.2, 0.25) is 5.91 Å². The first kappa shape index (κ1) is 21.3. The lowest BCUT2D eigenvalue weighted by atomic mass is 9.87. The number of nitrogens with zero attached hydrogens (tertiary/aromatic N) is 1. The minimum absolute atomic E-state index is 0. The Morgan fingerprint density at radius 3 is 1.85 bits per heavy atom. The maximum absolute atomic E-state index is 13.3. The summed E-state index contributed by atoms with van der Waals surface area (Å²) in [5, 5.41) is 0. The Kier molecular flexibility index (Phi) is 7.75. The van der Waals surface area contributed by atoms with Crippen LogP contribution in [0.3, 0.4) is 0 Å². The number of nitrogens with two attached hydrogens (primary N) is 1. The fraction of sp³-hybridized carbons (Fsp3) is 0.381. The summed E-state index contributed by atoms with van der Waals surface area (Å²) in [6.07, 6.45) is 2.67.